The van der Waals surface area contributed by atoms with E-state index in [9.17, 15) is 4.79 Å². The highest BCUT2D eigenvalue weighted by atomic mass is 35.5. The first-order chi connectivity index (χ1) is 10.1. The number of aromatic amines is 1. The predicted molar refractivity (Wildman–Crippen MR) is 82.8 cm³/mol. The summed E-state index contributed by atoms with van der Waals surface area (Å²) in [6.07, 6.45) is 2.94. The summed E-state index contributed by atoms with van der Waals surface area (Å²) in [4.78, 5) is 18.7. The van der Waals surface area contributed by atoms with Crippen LogP contribution in [-0.2, 0) is 0 Å². The van der Waals surface area contributed by atoms with E-state index >= 15 is 0 Å². The fraction of sp³-hybridized carbons (Fsp3) is 0.462. The van der Waals surface area contributed by atoms with E-state index in [1.807, 2.05) is 12.3 Å². The number of piperidine rings is 1. The van der Waals surface area contributed by atoms with Crippen molar-refractivity contribution in [1.82, 2.24) is 20.1 Å². The molecular weight excluding hydrogens is 310 g/mol. The number of halogens is 1. The lowest BCUT2D eigenvalue weighted by Gasteiger charge is -2.33. The number of urea groups is 1. The third kappa shape index (κ3) is 3.03. The number of nitrogens with zero attached hydrogens (tertiary/aromatic N) is 3. The summed E-state index contributed by atoms with van der Waals surface area (Å²) in [5.41, 5.74) is 0.655. The number of amides is 2. The Morgan fingerprint density at radius 1 is 1.57 bits per heavy atom. The van der Waals surface area contributed by atoms with Crippen molar-refractivity contribution in [2.75, 3.05) is 11.9 Å². The Balaban J connectivity index is 1.77. The van der Waals surface area contributed by atoms with E-state index in [1.165, 1.54) is 11.3 Å². The lowest BCUT2D eigenvalue weighted by atomic mass is 10.0. The fourth-order valence-electron chi connectivity index (χ4n) is 2.52. The Labute approximate surface area is 131 Å². The van der Waals surface area contributed by atoms with Gasteiger partial charge in [-0.3, -0.25) is 5.10 Å². The zero-order chi connectivity index (χ0) is 14.8. The van der Waals surface area contributed by atoms with Crippen LogP contribution in [0.2, 0.25) is 4.34 Å². The summed E-state index contributed by atoms with van der Waals surface area (Å²) < 4.78 is 0.589. The summed E-state index contributed by atoms with van der Waals surface area (Å²) in [7, 11) is 0. The summed E-state index contributed by atoms with van der Waals surface area (Å²) in [6.45, 7) is 2.56. The van der Waals surface area contributed by atoms with Gasteiger partial charge in [0.1, 0.15) is 10.2 Å². The molecule has 6 nitrogen and oxygen atoms in total. The summed E-state index contributed by atoms with van der Waals surface area (Å²) in [5.74, 6) is 1.44. The quantitative estimate of drug-likeness (QED) is 0.886. The lowest BCUT2D eigenvalue weighted by molar-refractivity contribution is 0.159. The van der Waals surface area contributed by atoms with E-state index in [-0.39, 0.29) is 12.1 Å². The Bertz CT molecular complexity index is 640. The number of H-pyrrole nitrogens is 1. The Morgan fingerprint density at radius 2 is 2.43 bits per heavy atom. The largest absolute Gasteiger partial charge is 0.322 e. The molecule has 3 rings (SSSR count). The lowest BCUT2D eigenvalue weighted by Crippen LogP contribution is -2.41. The minimum atomic E-state index is -0.151. The molecule has 2 aromatic heterocycles. The molecule has 1 saturated heterocycles. The van der Waals surface area contributed by atoms with E-state index in [4.69, 9.17) is 11.6 Å². The van der Waals surface area contributed by atoms with Gasteiger partial charge in [0, 0.05) is 6.54 Å². The monoisotopic (exact) mass is 325 g/mol. The number of hydrogen-bond donors (Lipinski definition) is 2. The van der Waals surface area contributed by atoms with Gasteiger partial charge in [-0.05, 0) is 37.6 Å². The molecule has 0 spiro atoms. The average Bonchev–Trinajstić information content (AvgIpc) is 3.08. The zero-order valence-electron chi connectivity index (χ0n) is 11.6. The number of aryl methyl sites for hydroxylation is 1. The van der Waals surface area contributed by atoms with Crippen molar-refractivity contribution < 1.29 is 4.79 Å². The molecule has 0 unspecified atom stereocenters. The number of carbonyl (C=O) groups excluding carboxylic acids is 1. The molecule has 112 valence electrons. The Kier molecular flexibility index (Phi) is 4.12. The molecule has 0 saturated carbocycles. The average molecular weight is 326 g/mol. The molecular formula is C13H16ClN5OS. The standard InChI is InChI=1S/C13H16ClN5OS/c1-8-15-12(18-17-8)10-4-2-3-6-19(10)13(20)16-9-5-7-21-11(9)14/h5,7,10H,2-4,6H2,1H3,(H,16,20)(H,15,17,18)/t10-/m1/s1. The molecule has 1 atom stereocenters. The SMILES string of the molecule is Cc1nc([C@H]2CCCCN2C(=O)Nc2ccsc2Cl)n[nH]1. The van der Waals surface area contributed by atoms with Crippen molar-refractivity contribution in [3.05, 3.63) is 27.4 Å². The second kappa shape index (κ2) is 6.03. The summed E-state index contributed by atoms with van der Waals surface area (Å²) in [5, 5.41) is 11.8. The molecule has 1 fully saturated rings. The van der Waals surface area contributed by atoms with Gasteiger partial charge in [0.2, 0.25) is 0 Å². The number of carbonyl (C=O) groups is 1. The highest BCUT2D eigenvalue weighted by Gasteiger charge is 2.31. The van der Waals surface area contributed by atoms with Gasteiger partial charge in [-0.25, -0.2) is 9.78 Å². The molecule has 1 aliphatic rings. The van der Waals surface area contributed by atoms with E-state index in [0.717, 1.165) is 25.1 Å². The van der Waals surface area contributed by atoms with Gasteiger partial charge in [-0.15, -0.1) is 11.3 Å². The highest BCUT2D eigenvalue weighted by Crippen LogP contribution is 2.31. The third-order valence-electron chi connectivity index (χ3n) is 3.54. The van der Waals surface area contributed by atoms with Gasteiger partial charge in [-0.1, -0.05) is 11.6 Å². The van der Waals surface area contributed by atoms with Gasteiger partial charge < -0.3 is 10.2 Å². The number of nitrogens with one attached hydrogen (secondary N) is 2. The van der Waals surface area contributed by atoms with Crippen molar-refractivity contribution in [2.24, 2.45) is 0 Å². The van der Waals surface area contributed by atoms with Crippen LogP contribution >= 0.6 is 22.9 Å². The highest BCUT2D eigenvalue weighted by molar-refractivity contribution is 7.15. The van der Waals surface area contributed by atoms with Crippen molar-refractivity contribution in [3.63, 3.8) is 0 Å². The van der Waals surface area contributed by atoms with E-state index < -0.39 is 0 Å². The number of likely N-dealkylation sites (tertiary alicyclic amines) is 1. The van der Waals surface area contributed by atoms with Gasteiger partial charge in [0.25, 0.3) is 0 Å². The Hall–Kier alpha value is -1.60. The van der Waals surface area contributed by atoms with Crippen LogP contribution < -0.4 is 5.32 Å². The van der Waals surface area contributed by atoms with Crippen LogP contribution in [0.25, 0.3) is 0 Å². The van der Waals surface area contributed by atoms with Crippen LogP contribution in [0.1, 0.15) is 37.0 Å². The smallest absolute Gasteiger partial charge is 0.314 e. The van der Waals surface area contributed by atoms with Gasteiger partial charge in [0.15, 0.2) is 5.82 Å². The number of rotatable bonds is 2. The Morgan fingerprint density at radius 3 is 3.10 bits per heavy atom. The number of thiophene rings is 1. The summed E-state index contributed by atoms with van der Waals surface area (Å²) in [6, 6.07) is 1.57. The zero-order valence-corrected chi connectivity index (χ0v) is 13.2. The number of anilines is 1. The molecule has 21 heavy (non-hydrogen) atoms. The van der Waals surface area contributed by atoms with Crippen LogP contribution in [0.5, 0.6) is 0 Å². The molecule has 0 bridgehead atoms. The van der Waals surface area contributed by atoms with Crippen molar-refractivity contribution >= 4 is 34.7 Å². The fourth-order valence-corrected chi connectivity index (χ4v) is 3.35. The predicted octanol–water partition coefficient (Wildman–Crippen LogP) is 3.59. The normalized spacial score (nSPS) is 18.8. The molecule has 0 radical (unpaired) electrons. The van der Waals surface area contributed by atoms with Gasteiger partial charge >= 0.3 is 6.03 Å². The van der Waals surface area contributed by atoms with Crippen LogP contribution in [0.4, 0.5) is 10.5 Å². The van der Waals surface area contributed by atoms with Crippen molar-refractivity contribution in [2.45, 2.75) is 32.2 Å². The van der Waals surface area contributed by atoms with E-state index in [0.29, 0.717) is 22.4 Å². The minimum Gasteiger partial charge on any atom is -0.314 e. The molecule has 2 amide bonds. The van der Waals surface area contributed by atoms with Crippen molar-refractivity contribution in [1.29, 1.82) is 0 Å². The molecule has 2 aromatic rings. The van der Waals surface area contributed by atoms with Crippen LogP contribution in [0.3, 0.4) is 0 Å². The first-order valence-electron chi connectivity index (χ1n) is 6.84. The molecule has 1 aliphatic heterocycles. The van der Waals surface area contributed by atoms with E-state index in [2.05, 4.69) is 20.5 Å². The van der Waals surface area contributed by atoms with Crippen molar-refractivity contribution in [3.8, 4) is 0 Å². The van der Waals surface area contributed by atoms with Crippen LogP contribution in [-0.4, -0.2) is 32.7 Å². The topological polar surface area (TPSA) is 73.9 Å². The minimum absolute atomic E-state index is 0.0823. The van der Waals surface area contributed by atoms with E-state index in [1.54, 1.807) is 11.0 Å². The maximum absolute atomic E-state index is 12.5. The second-order valence-corrected chi connectivity index (χ2v) is 6.54. The number of hydrogen-bond acceptors (Lipinski definition) is 4. The van der Waals surface area contributed by atoms with Gasteiger partial charge in [0.05, 0.1) is 11.7 Å². The molecule has 0 aliphatic carbocycles. The molecule has 0 aromatic carbocycles. The first-order valence-corrected chi connectivity index (χ1v) is 8.10. The second-order valence-electron chi connectivity index (χ2n) is 5.02. The first kappa shape index (κ1) is 14.3. The molecule has 3 heterocycles. The third-order valence-corrected chi connectivity index (χ3v) is 4.71. The number of aromatic nitrogens is 3. The maximum atomic E-state index is 12.5. The van der Waals surface area contributed by atoms with Crippen LogP contribution in [0.15, 0.2) is 11.4 Å². The molecule has 2 N–H and O–H groups in total. The summed E-state index contributed by atoms with van der Waals surface area (Å²) >= 11 is 7.43. The molecule has 8 heteroatoms. The maximum Gasteiger partial charge on any atom is 0.322 e. The van der Waals surface area contributed by atoms with Crippen LogP contribution in [0, 0.1) is 6.92 Å². The van der Waals surface area contributed by atoms with Gasteiger partial charge in [-0.2, -0.15) is 5.10 Å².